The Morgan fingerprint density at radius 3 is 2.90 bits per heavy atom. The molecule has 1 N–H and O–H groups in total. The minimum Gasteiger partial charge on any atom is -0.374 e. The van der Waals surface area contributed by atoms with Crippen LogP contribution in [0.4, 0.5) is 5.69 Å². The van der Waals surface area contributed by atoms with Gasteiger partial charge < -0.3 is 9.88 Å². The highest BCUT2D eigenvalue weighted by Gasteiger charge is 2.30. The highest BCUT2D eigenvalue weighted by atomic mass is 16.1. The van der Waals surface area contributed by atoms with Gasteiger partial charge in [-0.05, 0) is 36.1 Å². The van der Waals surface area contributed by atoms with Crippen molar-refractivity contribution in [2.75, 3.05) is 18.5 Å². The molecule has 2 heterocycles. The topological polar surface area (TPSA) is 49.0 Å². The van der Waals surface area contributed by atoms with Crippen LogP contribution in [-0.4, -0.2) is 23.6 Å². The van der Waals surface area contributed by atoms with Crippen LogP contribution in [0.3, 0.4) is 0 Å². The van der Waals surface area contributed by atoms with Crippen LogP contribution in [0.2, 0.25) is 0 Å². The standard InChI is InChI=1S/C17H19N3O/c1-10-8-20(2)14-6-5-12(7-13(10)14)15-16(11-3-4-11)18-9-19-17(15)21/h5-7,9-11H,3-4,8H2,1-2H3,(H,18,19,21)/t10-/m0/s1. The SMILES string of the molecule is C[C@H]1CN(C)c2ccc(-c3c(C4CC4)nc[nH]c3=O)cc21. The Hall–Kier alpha value is -2.10. The number of hydrogen-bond donors (Lipinski definition) is 1. The van der Waals surface area contributed by atoms with E-state index in [1.807, 2.05) is 0 Å². The summed E-state index contributed by atoms with van der Waals surface area (Å²) >= 11 is 0. The van der Waals surface area contributed by atoms with Crippen LogP contribution in [0.1, 0.15) is 42.9 Å². The zero-order chi connectivity index (χ0) is 14.6. The summed E-state index contributed by atoms with van der Waals surface area (Å²) in [6, 6.07) is 6.38. The number of rotatable bonds is 2. The number of H-pyrrole nitrogens is 1. The highest BCUT2D eigenvalue weighted by Crippen LogP contribution is 2.43. The molecule has 1 fully saturated rings. The normalized spacial score (nSPS) is 20.7. The molecule has 108 valence electrons. The second kappa shape index (κ2) is 4.45. The number of aromatic amines is 1. The van der Waals surface area contributed by atoms with E-state index in [1.165, 1.54) is 17.6 Å². The first kappa shape index (κ1) is 12.6. The number of aromatic nitrogens is 2. The number of nitrogens with zero attached hydrogens (tertiary/aromatic N) is 2. The van der Waals surface area contributed by atoms with Crippen LogP contribution in [-0.2, 0) is 0 Å². The number of fused-ring (bicyclic) bond motifs is 1. The fraction of sp³-hybridized carbons (Fsp3) is 0.412. The van der Waals surface area contributed by atoms with Crippen LogP contribution >= 0.6 is 0 Å². The molecule has 0 amide bonds. The molecule has 1 aliphatic carbocycles. The number of anilines is 1. The van der Waals surface area contributed by atoms with Gasteiger partial charge in [0.1, 0.15) is 0 Å². The third-order valence-electron chi connectivity index (χ3n) is 4.65. The second-order valence-corrected chi connectivity index (χ2v) is 6.32. The van der Waals surface area contributed by atoms with E-state index in [4.69, 9.17) is 0 Å². The average Bonchev–Trinajstić information content (AvgIpc) is 3.27. The zero-order valence-electron chi connectivity index (χ0n) is 12.4. The lowest BCUT2D eigenvalue weighted by molar-refractivity contribution is 0.796. The Morgan fingerprint density at radius 2 is 2.14 bits per heavy atom. The predicted molar refractivity (Wildman–Crippen MR) is 84.0 cm³/mol. The fourth-order valence-corrected chi connectivity index (χ4v) is 3.42. The van der Waals surface area contributed by atoms with E-state index in [0.717, 1.165) is 36.2 Å². The van der Waals surface area contributed by atoms with Crippen LogP contribution in [0.5, 0.6) is 0 Å². The van der Waals surface area contributed by atoms with Crippen LogP contribution < -0.4 is 10.5 Å². The first-order chi connectivity index (χ1) is 10.1. The lowest BCUT2D eigenvalue weighted by atomic mass is 9.96. The van der Waals surface area contributed by atoms with E-state index in [9.17, 15) is 4.79 Å². The average molecular weight is 281 g/mol. The smallest absolute Gasteiger partial charge is 0.258 e. The Balaban J connectivity index is 1.89. The van der Waals surface area contributed by atoms with Gasteiger partial charge in [0, 0.05) is 31.1 Å². The van der Waals surface area contributed by atoms with E-state index in [2.05, 4.69) is 47.0 Å². The van der Waals surface area contributed by atoms with Crippen LogP contribution in [0, 0.1) is 0 Å². The largest absolute Gasteiger partial charge is 0.374 e. The molecule has 4 nitrogen and oxygen atoms in total. The molecule has 1 atom stereocenters. The van der Waals surface area contributed by atoms with Crippen molar-refractivity contribution < 1.29 is 0 Å². The molecule has 0 saturated heterocycles. The lowest BCUT2D eigenvalue weighted by Gasteiger charge is -2.13. The maximum Gasteiger partial charge on any atom is 0.258 e. The van der Waals surface area contributed by atoms with Crippen molar-refractivity contribution in [2.45, 2.75) is 31.6 Å². The molecule has 0 unspecified atom stereocenters. The summed E-state index contributed by atoms with van der Waals surface area (Å²) in [7, 11) is 2.12. The molecule has 0 spiro atoms. The summed E-state index contributed by atoms with van der Waals surface area (Å²) in [6.07, 6.45) is 3.82. The molecule has 1 saturated carbocycles. The van der Waals surface area contributed by atoms with Crippen molar-refractivity contribution in [3.8, 4) is 11.1 Å². The lowest BCUT2D eigenvalue weighted by Crippen LogP contribution is -2.14. The third kappa shape index (κ3) is 1.97. The van der Waals surface area contributed by atoms with Gasteiger partial charge in [0.05, 0.1) is 17.6 Å². The van der Waals surface area contributed by atoms with Crippen molar-refractivity contribution in [1.82, 2.24) is 9.97 Å². The van der Waals surface area contributed by atoms with Gasteiger partial charge in [0.15, 0.2) is 0 Å². The monoisotopic (exact) mass is 281 g/mol. The number of benzene rings is 1. The van der Waals surface area contributed by atoms with Gasteiger partial charge in [-0.25, -0.2) is 4.98 Å². The molecule has 1 aromatic carbocycles. The number of hydrogen-bond acceptors (Lipinski definition) is 3. The second-order valence-electron chi connectivity index (χ2n) is 6.32. The van der Waals surface area contributed by atoms with Gasteiger partial charge >= 0.3 is 0 Å². The first-order valence-corrected chi connectivity index (χ1v) is 7.58. The number of nitrogens with one attached hydrogen (secondary N) is 1. The van der Waals surface area contributed by atoms with E-state index in [1.54, 1.807) is 0 Å². The van der Waals surface area contributed by atoms with Crippen molar-refractivity contribution in [3.05, 3.63) is 46.1 Å². The van der Waals surface area contributed by atoms with Crippen molar-refractivity contribution >= 4 is 5.69 Å². The van der Waals surface area contributed by atoms with Gasteiger partial charge in [-0.2, -0.15) is 0 Å². The third-order valence-corrected chi connectivity index (χ3v) is 4.65. The summed E-state index contributed by atoms with van der Waals surface area (Å²) in [5, 5.41) is 0. The summed E-state index contributed by atoms with van der Waals surface area (Å²) in [6.45, 7) is 3.28. The predicted octanol–water partition coefficient (Wildman–Crippen LogP) is 2.87. The van der Waals surface area contributed by atoms with Gasteiger partial charge in [0.25, 0.3) is 5.56 Å². The van der Waals surface area contributed by atoms with E-state index >= 15 is 0 Å². The quantitative estimate of drug-likeness (QED) is 0.921. The number of likely N-dealkylation sites (N-methyl/N-ethyl adjacent to an activating group) is 1. The minimum absolute atomic E-state index is 0.0224. The fourth-order valence-electron chi connectivity index (χ4n) is 3.42. The highest BCUT2D eigenvalue weighted by molar-refractivity contribution is 5.72. The zero-order valence-corrected chi connectivity index (χ0v) is 12.4. The Kier molecular flexibility index (Phi) is 2.67. The van der Waals surface area contributed by atoms with Gasteiger partial charge in [-0.1, -0.05) is 13.0 Å². The Labute approximate surface area is 123 Å². The van der Waals surface area contributed by atoms with Gasteiger partial charge in [0.2, 0.25) is 0 Å². The van der Waals surface area contributed by atoms with Crippen molar-refractivity contribution in [2.24, 2.45) is 0 Å². The van der Waals surface area contributed by atoms with E-state index in [-0.39, 0.29) is 5.56 Å². The van der Waals surface area contributed by atoms with Crippen molar-refractivity contribution in [1.29, 1.82) is 0 Å². The first-order valence-electron chi connectivity index (χ1n) is 7.58. The maximum absolute atomic E-state index is 12.3. The van der Waals surface area contributed by atoms with Gasteiger partial charge in [-0.15, -0.1) is 0 Å². The molecule has 21 heavy (non-hydrogen) atoms. The van der Waals surface area contributed by atoms with E-state index in [0.29, 0.717) is 11.8 Å². The molecule has 2 aromatic rings. The van der Waals surface area contributed by atoms with Crippen LogP contribution in [0.25, 0.3) is 11.1 Å². The van der Waals surface area contributed by atoms with Gasteiger partial charge in [-0.3, -0.25) is 4.79 Å². The summed E-state index contributed by atoms with van der Waals surface area (Å²) in [4.78, 5) is 21.8. The molecular weight excluding hydrogens is 262 g/mol. The Bertz CT molecular complexity index is 761. The summed E-state index contributed by atoms with van der Waals surface area (Å²) in [5.74, 6) is 0.973. The summed E-state index contributed by atoms with van der Waals surface area (Å²) in [5.41, 5.74) is 5.33. The summed E-state index contributed by atoms with van der Waals surface area (Å²) < 4.78 is 0. The molecule has 0 radical (unpaired) electrons. The molecule has 4 rings (SSSR count). The van der Waals surface area contributed by atoms with Crippen LogP contribution in [0.15, 0.2) is 29.3 Å². The molecular formula is C17H19N3O. The van der Waals surface area contributed by atoms with Crippen molar-refractivity contribution in [3.63, 3.8) is 0 Å². The minimum atomic E-state index is -0.0224. The maximum atomic E-state index is 12.3. The molecule has 1 aliphatic heterocycles. The Morgan fingerprint density at radius 1 is 1.33 bits per heavy atom. The molecule has 1 aromatic heterocycles. The molecule has 4 heteroatoms. The van der Waals surface area contributed by atoms with E-state index < -0.39 is 0 Å². The molecule has 0 bridgehead atoms. The molecule has 2 aliphatic rings.